The van der Waals surface area contributed by atoms with Gasteiger partial charge in [0.25, 0.3) is 5.91 Å². The van der Waals surface area contributed by atoms with Gasteiger partial charge in [0.2, 0.25) is 0 Å². The molecule has 5 heteroatoms. The van der Waals surface area contributed by atoms with Crippen molar-refractivity contribution in [3.8, 4) is 10.7 Å². The van der Waals surface area contributed by atoms with E-state index < -0.39 is 0 Å². The van der Waals surface area contributed by atoms with Crippen molar-refractivity contribution in [3.63, 3.8) is 0 Å². The molecule has 0 saturated carbocycles. The first-order chi connectivity index (χ1) is 11.6. The topological polar surface area (TPSA) is 46.1 Å². The summed E-state index contributed by atoms with van der Waals surface area (Å²) in [4.78, 5) is 24.2. The summed E-state index contributed by atoms with van der Waals surface area (Å²) in [6.45, 7) is 6.06. The van der Waals surface area contributed by atoms with Gasteiger partial charge in [0.15, 0.2) is 0 Å². The second-order valence-corrected chi connectivity index (χ2v) is 6.83. The van der Waals surface area contributed by atoms with Gasteiger partial charge in [-0.1, -0.05) is 24.3 Å². The number of anilines is 1. The molecule has 0 aliphatic heterocycles. The number of aromatic nitrogens is 2. The molecular weight excluding hydrogens is 318 g/mol. The first-order valence-corrected chi connectivity index (χ1v) is 8.66. The summed E-state index contributed by atoms with van der Waals surface area (Å²) in [6.07, 6.45) is 3.37. The number of aryl methyl sites for hydroxylation is 1. The molecule has 3 aromatic rings. The summed E-state index contributed by atoms with van der Waals surface area (Å²) in [6, 6.07) is 13.7. The Kier molecular flexibility index (Phi) is 4.71. The molecule has 0 unspecified atom stereocenters. The lowest BCUT2D eigenvalue weighted by molar-refractivity contribution is 0.0984. The first kappa shape index (κ1) is 16.3. The molecule has 0 fully saturated rings. The molecule has 0 radical (unpaired) electrons. The molecule has 0 spiro atoms. The van der Waals surface area contributed by atoms with Crippen LogP contribution in [0.1, 0.15) is 29.1 Å². The molecule has 122 valence electrons. The molecule has 2 heterocycles. The highest BCUT2D eigenvalue weighted by Crippen LogP contribution is 2.28. The van der Waals surface area contributed by atoms with Crippen molar-refractivity contribution in [2.45, 2.75) is 26.8 Å². The van der Waals surface area contributed by atoms with Crippen molar-refractivity contribution in [1.29, 1.82) is 0 Å². The number of nitrogens with zero attached hydrogens (tertiary/aromatic N) is 3. The van der Waals surface area contributed by atoms with Crippen molar-refractivity contribution in [1.82, 2.24) is 9.97 Å². The third-order valence-corrected chi connectivity index (χ3v) is 4.72. The number of hydrogen-bond donors (Lipinski definition) is 0. The highest BCUT2D eigenvalue weighted by Gasteiger charge is 2.24. The molecule has 0 N–H and O–H groups in total. The Morgan fingerprint density at radius 1 is 1.08 bits per heavy atom. The van der Waals surface area contributed by atoms with Crippen molar-refractivity contribution in [2.24, 2.45) is 0 Å². The van der Waals surface area contributed by atoms with Crippen molar-refractivity contribution < 1.29 is 4.79 Å². The van der Waals surface area contributed by atoms with E-state index >= 15 is 0 Å². The van der Waals surface area contributed by atoms with Gasteiger partial charge in [-0.15, -0.1) is 11.3 Å². The number of para-hydroxylation sites is 1. The molecular formula is C19H19N3OS. The first-order valence-electron chi connectivity index (χ1n) is 7.84. The molecule has 1 amide bonds. The van der Waals surface area contributed by atoms with Crippen LogP contribution in [0.4, 0.5) is 5.69 Å². The minimum absolute atomic E-state index is 0.0287. The van der Waals surface area contributed by atoms with E-state index in [0.29, 0.717) is 4.88 Å². The maximum Gasteiger partial charge on any atom is 0.270 e. The molecule has 2 aromatic heterocycles. The predicted octanol–water partition coefficient (Wildman–Crippen LogP) is 4.57. The van der Waals surface area contributed by atoms with Crippen molar-refractivity contribution >= 4 is 22.9 Å². The van der Waals surface area contributed by atoms with Gasteiger partial charge in [-0.3, -0.25) is 9.78 Å². The SMILES string of the molecule is Cc1ccccc1N(C(=O)c1cnc(-c2ccccn2)s1)C(C)C. The molecule has 0 saturated heterocycles. The van der Waals surface area contributed by atoms with Crippen LogP contribution >= 0.6 is 11.3 Å². The van der Waals surface area contributed by atoms with Gasteiger partial charge >= 0.3 is 0 Å². The Balaban J connectivity index is 1.95. The fraction of sp³-hybridized carbons (Fsp3) is 0.211. The summed E-state index contributed by atoms with van der Waals surface area (Å²) in [5, 5.41) is 0.757. The van der Waals surface area contributed by atoms with Crippen LogP contribution in [0.3, 0.4) is 0 Å². The number of pyridine rings is 1. The van der Waals surface area contributed by atoms with Crippen molar-refractivity contribution in [2.75, 3.05) is 4.90 Å². The van der Waals surface area contributed by atoms with Crippen LogP contribution in [0.25, 0.3) is 10.7 Å². The fourth-order valence-corrected chi connectivity index (χ4v) is 3.39. The van der Waals surface area contributed by atoms with E-state index in [1.165, 1.54) is 11.3 Å². The number of carbonyl (C=O) groups is 1. The molecule has 0 atom stereocenters. The van der Waals surface area contributed by atoms with Gasteiger partial charge in [-0.25, -0.2) is 4.98 Å². The van der Waals surface area contributed by atoms with Crippen LogP contribution in [0.15, 0.2) is 54.9 Å². The number of thiazole rings is 1. The smallest absolute Gasteiger partial charge is 0.270 e. The summed E-state index contributed by atoms with van der Waals surface area (Å²) >= 11 is 1.38. The summed E-state index contributed by atoms with van der Waals surface area (Å²) in [5.41, 5.74) is 2.80. The molecule has 0 bridgehead atoms. The molecule has 0 aliphatic rings. The monoisotopic (exact) mass is 337 g/mol. The lowest BCUT2D eigenvalue weighted by Gasteiger charge is -2.27. The van der Waals surface area contributed by atoms with E-state index in [0.717, 1.165) is 22.0 Å². The highest BCUT2D eigenvalue weighted by molar-refractivity contribution is 7.17. The van der Waals surface area contributed by atoms with Gasteiger partial charge in [0, 0.05) is 17.9 Å². The maximum absolute atomic E-state index is 13.1. The van der Waals surface area contributed by atoms with Gasteiger partial charge in [0.05, 0.1) is 11.9 Å². The second-order valence-electron chi connectivity index (χ2n) is 5.80. The van der Waals surface area contributed by atoms with Crippen LogP contribution in [0, 0.1) is 6.92 Å². The molecule has 3 rings (SSSR count). The van der Waals surface area contributed by atoms with E-state index in [1.807, 2.05) is 68.1 Å². The Hall–Kier alpha value is -2.53. The second kappa shape index (κ2) is 6.93. The van der Waals surface area contributed by atoms with Gasteiger partial charge in [0.1, 0.15) is 9.88 Å². The van der Waals surface area contributed by atoms with E-state index in [1.54, 1.807) is 12.4 Å². The zero-order valence-electron chi connectivity index (χ0n) is 13.9. The minimum Gasteiger partial charge on any atom is -0.305 e. The van der Waals surface area contributed by atoms with Crippen LogP contribution in [-0.4, -0.2) is 21.9 Å². The van der Waals surface area contributed by atoms with Gasteiger partial charge in [-0.05, 0) is 44.5 Å². The average Bonchev–Trinajstić information content (AvgIpc) is 3.07. The fourth-order valence-electron chi connectivity index (χ4n) is 2.56. The van der Waals surface area contributed by atoms with Crippen LogP contribution in [0.5, 0.6) is 0 Å². The number of benzene rings is 1. The quantitative estimate of drug-likeness (QED) is 0.700. The maximum atomic E-state index is 13.1. The Morgan fingerprint density at radius 2 is 1.83 bits per heavy atom. The van der Waals surface area contributed by atoms with Crippen LogP contribution in [0.2, 0.25) is 0 Å². The largest absolute Gasteiger partial charge is 0.305 e. The summed E-state index contributed by atoms with van der Waals surface area (Å²) < 4.78 is 0. The van der Waals surface area contributed by atoms with Gasteiger partial charge in [-0.2, -0.15) is 0 Å². The summed E-state index contributed by atoms with van der Waals surface area (Å²) in [7, 11) is 0. The third kappa shape index (κ3) is 3.21. The van der Waals surface area contributed by atoms with Crippen LogP contribution in [-0.2, 0) is 0 Å². The van der Waals surface area contributed by atoms with E-state index in [-0.39, 0.29) is 11.9 Å². The number of hydrogen-bond acceptors (Lipinski definition) is 4. The van der Waals surface area contributed by atoms with E-state index in [9.17, 15) is 4.79 Å². The van der Waals surface area contributed by atoms with E-state index in [4.69, 9.17) is 0 Å². The molecule has 24 heavy (non-hydrogen) atoms. The lowest BCUT2D eigenvalue weighted by Crippen LogP contribution is -2.37. The number of rotatable bonds is 4. The Labute approximate surface area is 145 Å². The third-order valence-electron chi connectivity index (χ3n) is 3.71. The normalized spacial score (nSPS) is 10.8. The average molecular weight is 337 g/mol. The zero-order chi connectivity index (χ0) is 17.1. The van der Waals surface area contributed by atoms with E-state index in [2.05, 4.69) is 9.97 Å². The molecule has 4 nitrogen and oxygen atoms in total. The number of carbonyl (C=O) groups excluding carboxylic acids is 1. The van der Waals surface area contributed by atoms with Crippen molar-refractivity contribution in [3.05, 3.63) is 65.3 Å². The predicted molar refractivity (Wildman–Crippen MR) is 98.5 cm³/mol. The van der Waals surface area contributed by atoms with Crippen LogP contribution < -0.4 is 4.90 Å². The highest BCUT2D eigenvalue weighted by atomic mass is 32.1. The number of amides is 1. The van der Waals surface area contributed by atoms with Gasteiger partial charge < -0.3 is 4.90 Å². The minimum atomic E-state index is -0.0287. The molecule has 1 aromatic carbocycles. The Bertz CT molecular complexity index is 843. The standard InChI is InChI=1S/C19H19N3OS/c1-13(2)22(16-10-5-4-8-14(16)3)19(23)17-12-21-18(24-17)15-9-6-7-11-20-15/h4-13H,1-3H3. The zero-order valence-corrected chi connectivity index (χ0v) is 14.7. The summed E-state index contributed by atoms with van der Waals surface area (Å²) in [5.74, 6) is -0.0287. The molecule has 0 aliphatic carbocycles. The lowest BCUT2D eigenvalue weighted by atomic mass is 10.1. The Morgan fingerprint density at radius 3 is 2.50 bits per heavy atom.